The van der Waals surface area contributed by atoms with Gasteiger partial charge in [-0.3, -0.25) is 14.7 Å². The summed E-state index contributed by atoms with van der Waals surface area (Å²) < 4.78 is 5.07. The summed E-state index contributed by atoms with van der Waals surface area (Å²) >= 11 is 0. The van der Waals surface area contributed by atoms with Gasteiger partial charge in [0.25, 0.3) is 5.91 Å². The van der Waals surface area contributed by atoms with E-state index in [4.69, 9.17) is 4.74 Å². The van der Waals surface area contributed by atoms with Gasteiger partial charge in [0.1, 0.15) is 0 Å². The zero-order valence-electron chi connectivity index (χ0n) is 13.9. The Balaban J connectivity index is 1.70. The van der Waals surface area contributed by atoms with Crippen LogP contribution in [0.1, 0.15) is 29.8 Å². The van der Waals surface area contributed by atoms with Crippen LogP contribution in [0.4, 0.5) is 10.5 Å². The van der Waals surface area contributed by atoms with Gasteiger partial charge in [0.05, 0.1) is 6.54 Å². The minimum Gasteiger partial charge on any atom is -0.423 e. The lowest BCUT2D eigenvalue weighted by atomic mass is 10.1. The molecule has 2 aromatic rings. The number of anilines is 1. The summed E-state index contributed by atoms with van der Waals surface area (Å²) in [5.74, 6) is -0.101. The Kier molecular flexibility index (Phi) is 3.97. The van der Waals surface area contributed by atoms with Crippen LogP contribution in [0.15, 0.2) is 48.8 Å². The van der Waals surface area contributed by atoms with Crippen LogP contribution in [0.25, 0.3) is 0 Å². The number of aromatic nitrogens is 1. The second kappa shape index (κ2) is 5.96. The number of carbonyl (C=O) groups is 2. The first-order valence-corrected chi connectivity index (χ1v) is 7.66. The van der Waals surface area contributed by atoms with Crippen LogP contribution in [-0.2, 0) is 11.3 Å². The highest BCUT2D eigenvalue weighted by atomic mass is 16.6. The first-order valence-electron chi connectivity index (χ1n) is 7.66. The molecule has 0 atom stereocenters. The van der Waals surface area contributed by atoms with Gasteiger partial charge in [-0.1, -0.05) is 12.1 Å². The molecule has 2 heterocycles. The van der Waals surface area contributed by atoms with Crippen LogP contribution in [-0.4, -0.2) is 34.7 Å². The van der Waals surface area contributed by atoms with Crippen LogP contribution in [0.5, 0.6) is 0 Å². The molecule has 6 nitrogen and oxygen atoms in total. The van der Waals surface area contributed by atoms with Crippen molar-refractivity contribution < 1.29 is 14.3 Å². The summed E-state index contributed by atoms with van der Waals surface area (Å²) in [6.45, 7) is 4.15. The Labute approximate surface area is 140 Å². The average molecular weight is 325 g/mol. The largest absolute Gasteiger partial charge is 0.423 e. The second-order valence-corrected chi connectivity index (χ2v) is 6.17. The SMILES string of the molecule is CN(C(=O)c1ccc(CN2C(=O)OC2(C)C)cc1)c1ccncc1. The number of benzene rings is 1. The Morgan fingerprint density at radius 1 is 1.17 bits per heavy atom. The van der Waals surface area contributed by atoms with Crippen molar-refractivity contribution in [3.05, 3.63) is 59.9 Å². The van der Waals surface area contributed by atoms with Gasteiger partial charge in [0.15, 0.2) is 5.72 Å². The molecule has 1 fully saturated rings. The molecule has 24 heavy (non-hydrogen) atoms. The number of ether oxygens (including phenoxy) is 1. The Morgan fingerprint density at radius 3 is 2.33 bits per heavy atom. The maximum Gasteiger partial charge on any atom is 0.415 e. The summed E-state index contributed by atoms with van der Waals surface area (Å²) in [6.07, 6.45) is 2.98. The van der Waals surface area contributed by atoms with Crippen LogP contribution < -0.4 is 4.90 Å². The van der Waals surface area contributed by atoms with Gasteiger partial charge in [-0.05, 0) is 43.7 Å². The zero-order chi connectivity index (χ0) is 17.3. The number of pyridine rings is 1. The van der Waals surface area contributed by atoms with Crippen LogP contribution in [0.2, 0.25) is 0 Å². The highest BCUT2D eigenvalue weighted by Gasteiger charge is 2.45. The topological polar surface area (TPSA) is 62.7 Å². The fourth-order valence-electron chi connectivity index (χ4n) is 2.57. The normalized spacial score (nSPS) is 15.5. The van der Waals surface area contributed by atoms with Gasteiger partial charge in [-0.2, -0.15) is 0 Å². The highest BCUT2D eigenvalue weighted by molar-refractivity contribution is 6.05. The molecule has 0 N–H and O–H groups in total. The molecule has 0 bridgehead atoms. The monoisotopic (exact) mass is 325 g/mol. The number of carbonyl (C=O) groups excluding carboxylic acids is 2. The first kappa shape index (κ1) is 16.0. The molecule has 1 aromatic carbocycles. The Bertz CT molecular complexity index is 757. The van der Waals surface area contributed by atoms with E-state index in [2.05, 4.69) is 4.98 Å². The molecule has 0 saturated carbocycles. The van der Waals surface area contributed by atoms with Gasteiger partial charge in [-0.25, -0.2) is 4.79 Å². The van der Waals surface area contributed by atoms with Gasteiger partial charge < -0.3 is 9.64 Å². The van der Waals surface area contributed by atoms with Gasteiger partial charge in [0, 0.05) is 30.7 Å². The van der Waals surface area contributed by atoms with Gasteiger partial charge >= 0.3 is 6.09 Å². The molecule has 0 radical (unpaired) electrons. The van der Waals surface area contributed by atoms with E-state index in [9.17, 15) is 9.59 Å². The summed E-state index contributed by atoms with van der Waals surface area (Å²) in [5, 5.41) is 0. The number of rotatable bonds is 4. The average Bonchev–Trinajstić information content (AvgIpc) is 2.59. The third kappa shape index (κ3) is 2.95. The predicted molar refractivity (Wildman–Crippen MR) is 89.5 cm³/mol. The lowest BCUT2D eigenvalue weighted by Crippen LogP contribution is -2.61. The van der Waals surface area contributed by atoms with E-state index in [0.717, 1.165) is 11.3 Å². The summed E-state index contributed by atoms with van der Waals surface area (Å²) in [7, 11) is 1.73. The van der Waals surface area contributed by atoms with E-state index in [1.807, 2.05) is 26.0 Å². The molecule has 0 aliphatic carbocycles. The quantitative estimate of drug-likeness (QED) is 0.867. The van der Waals surface area contributed by atoms with Crippen molar-refractivity contribution >= 4 is 17.7 Å². The molecule has 0 unspecified atom stereocenters. The maximum atomic E-state index is 12.5. The molecular formula is C18H19N3O3. The highest BCUT2D eigenvalue weighted by Crippen LogP contribution is 2.30. The Morgan fingerprint density at radius 2 is 1.79 bits per heavy atom. The van der Waals surface area contributed by atoms with Crippen molar-refractivity contribution in [2.45, 2.75) is 26.1 Å². The van der Waals surface area contributed by atoms with E-state index in [1.54, 1.807) is 53.5 Å². The van der Waals surface area contributed by atoms with E-state index in [0.29, 0.717) is 12.1 Å². The molecular weight excluding hydrogens is 306 g/mol. The number of hydrogen-bond acceptors (Lipinski definition) is 4. The lowest BCUT2D eigenvalue weighted by Gasteiger charge is -2.46. The summed E-state index contributed by atoms with van der Waals surface area (Å²) in [4.78, 5) is 31.2. The Hall–Kier alpha value is -2.89. The standard InChI is InChI=1S/C18H19N3O3/c1-18(2)21(17(23)24-18)12-13-4-6-14(7-5-13)16(22)20(3)15-8-10-19-11-9-15/h4-11H,12H2,1-3H3. The van der Waals surface area contributed by atoms with Crippen LogP contribution in [0.3, 0.4) is 0 Å². The summed E-state index contributed by atoms with van der Waals surface area (Å²) in [5.41, 5.74) is 1.74. The molecule has 1 aliphatic heterocycles. The molecule has 1 saturated heterocycles. The van der Waals surface area contributed by atoms with Crippen molar-refractivity contribution in [1.29, 1.82) is 0 Å². The fraction of sp³-hybridized carbons (Fsp3) is 0.278. The molecule has 124 valence electrons. The number of hydrogen-bond donors (Lipinski definition) is 0. The molecule has 3 rings (SSSR count). The van der Waals surface area contributed by atoms with Crippen LogP contribution >= 0.6 is 0 Å². The fourth-order valence-corrected chi connectivity index (χ4v) is 2.57. The van der Waals surface area contributed by atoms with Crippen molar-refractivity contribution in [2.24, 2.45) is 0 Å². The molecule has 0 spiro atoms. The van der Waals surface area contributed by atoms with Gasteiger partial charge in [-0.15, -0.1) is 0 Å². The molecule has 1 aromatic heterocycles. The number of nitrogens with zero attached hydrogens (tertiary/aromatic N) is 3. The lowest BCUT2D eigenvalue weighted by molar-refractivity contribution is -0.166. The van der Waals surface area contributed by atoms with E-state index in [-0.39, 0.29) is 12.0 Å². The van der Waals surface area contributed by atoms with E-state index >= 15 is 0 Å². The van der Waals surface area contributed by atoms with Crippen molar-refractivity contribution in [1.82, 2.24) is 9.88 Å². The number of amides is 2. The number of cyclic esters (lactones) is 1. The third-order valence-electron chi connectivity index (χ3n) is 4.10. The third-order valence-corrected chi connectivity index (χ3v) is 4.10. The summed E-state index contributed by atoms with van der Waals surface area (Å²) in [6, 6.07) is 10.8. The first-order chi connectivity index (χ1) is 11.4. The predicted octanol–water partition coefficient (Wildman–Crippen LogP) is 3.05. The van der Waals surface area contributed by atoms with Crippen molar-refractivity contribution in [3.8, 4) is 0 Å². The molecule has 2 amide bonds. The van der Waals surface area contributed by atoms with E-state index < -0.39 is 5.72 Å². The van der Waals surface area contributed by atoms with Crippen LogP contribution in [0, 0.1) is 0 Å². The molecule has 6 heteroatoms. The minimum atomic E-state index is -0.576. The maximum absolute atomic E-state index is 12.5. The molecule has 1 aliphatic rings. The zero-order valence-corrected chi connectivity index (χ0v) is 13.9. The van der Waals surface area contributed by atoms with E-state index in [1.165, 1.54) is 0 Å². The smallest absolute Gasteiger partial charge is 0.415 e. The second-order valence-electron chi connectivity index (χ2n) is 6.17. The van der Waals surface area contributed by atoms with Crippen molar-refractivity contribution in [3.63, 3.8) is 0 Å². The van der Waals surface area contributed by atoms with Gasteiger partial charge in [0.2, 0.25) is 0 Å². The van der Waals surface area contributed by atoms with Crippen molar-refractivity contribution in [2.75, 3.05) is 11.9 Å². The minimum absolute atomic E-state index is 0.101.